The summed E-state index contributed by atoms with van der Waals surface area (Å²) < 4.78 is 5.41. The number of anilines is 1. The average Bonchev–Trinajstić information content (AvgIpc) is 2.78. The summed E-state index contributed by atoms with van der Waals surface area (Å²) in [5.74, 6) is 0. The molecule has 2 atom stereocenters. The molecule has 0 aliphatic carbocycles. The molecule has 0 spiro atoms. The summed E-state index contributed by atoms with van der Waals surface area (Å²) in [4.78, 5) is 7.89. The molecule has 1 saturated heterocycles. The second kappa shape index (κ2) is 5.12. The molecule has 5 heteroatoms. The topological polar surface area (TPSA) is 51.4 Å². The van der Waals surface area contributed by atoms with Gasteiger partial charge in [-0.3, -0.25) is 0 Å². The molecule has 16 heavy (non-hydrogen) atoms. The lowest BCUT2D eigenvalue weighted by molar-refractivity contribution is 0.0893. The second-order valence-electron chi connectivity index (χ2n) is 4.28. The number of methoxy groups -OCH3 is 1. The van der Waals surface area contributed by atoms with E-state index >= 15 is 0 Å². The lowest BCUT2D eigenvalue weighted by atomic mass is 10.1. The Balaban J connectivity index is 2.05. The van der Waals surface area contributed by atoms with Crippen LogP contribution in [0.1, 0.15) is 30.7 Å². The number of hydrogen-bond acceptors (Lipinski definition) is 5. The van der Waals surface area contributed by atoms with Crippen LogP contribution in [0, 0.1) is 0 Å². The maximum Gasteiger partial charge on any atom is 0.185 e. The highest BCUT2D eigenvalue weighted by Gasteiger charge is 2.21. The van der Waals surface area contributed by atoms with E-state index in [-0.39, 0.29) is 6.04 Å². The van der Waals surface area contributed by atoms with E-state index in [2.05, 4.69) is 9.88 Å². The molecule has 0 radical (unpaired) electrons. The van der Waals surface area contributed by atoms with Crippen LogP contribution >= 0.6 is 11.3 Å². The predicted molar refractivity (Wildman–Crippen MR) is 67.0 cm³/mol. The van der Waals surface area contributed by atoms with Crippen molar-refractivity contribution < 1.29 is 4.74 Å². The van der Waals surface area contributed by atoms with E-state index in [0.29, 0.717) is 6.10 Å². The van der Waals surface area contributed by atoms with Crippen LogP contribution in [0.3, 0.4) is 0 Å². The van der Waals surface area contributed by atoms with E-state index in [1.807, 2.05) is 13.1 Å². The van der Waals surface area contributed by atoms with Crippen LogP contribution in [0.15, 0.2) is 6.20 Å². The third-order valence-corrected chi connectivity index (χ3v) is 4.20. The Morgan fingerprint density at radius 2 is 2.50 bits per heavy atom. The Bertz CT molecular complexity index is 340. The molecule has 0 bridgehead atoms. The minimum absolute atomic E-state index is 0.0780. The van der Waals surface area contributed by atoms with Crippen LogP contribution in [-0.4, -0.2) is 31.3 Å². The maximum absolute atomic E-state index is 5.84. The van der Waals surface area contributed by atoms with Crippen LogP contribution in [-0.2, 0) is 4.74 Å². The molecule has 1 fully saturated rings. The fourth-order valence-corrected chi connectivity index (χ4v) is 2.84. The zero-order chi connectivity index (χ0) is 11.5. The molecule has 1 aliphatic rings. The van der Waals surface area contributed by atoms with Gasteiger partial charge in [0.15, 0.2) is 5.13 Å². The number of nitrogens with two attached hydrogens (primary N) is 1. The molecule has 2 N–H and O–H groups in total. The number of nitrogens with zero attached hydrogens (tertiary/aromatic N) is 2. The summed E-state index contributed by atoms with van der Waals surface area (Å²) in [5, 5.41) is 1.08. The van der Waals surface area contributed by atoms with Crippen LogP contribution < -0.4 is 10.6 Å². The first kappa shape index (κ1) is 11.8. The Morgan fingerprint density at radius 1 is 1.69 bits per heavy atom. The number of rotatable bonds is 3. The van der Waals surface area contributed by atoms with Gasteiger partial charge in [0, 0.05) is 37.3 Å². The summed E-state index contributed by atoms with van der Waals surface area (Å²) in [6.45, 7) is 4.01. The first-order valence-electron chi connectivity index (χ1n) is 5.69. The van der Waals surface area contributed by atoms with Gasteiger partial charge in [0.25, 0.3) is 0 Å². The van der Waals surface area contributed by atoms with Crippen LogP contribution in [0.25, 0.3) is 0 Å². The van der Waals surface area contributed by atoms with Crippen LogP contribution in [0.2, 0.25) is 0 Å². The van der Waals surface area contributed by atoms with Gasteiger partial charge in [-0.2, -0.15) is 0 Å². The highest BCUT2D eigenvalue weighted by molar-refractivity contribution is 7.15. The van der Waals surface area contributed by atoms with E-state index in [4.69, 9.17) is 10.5 Å². The monoisotopic (exact) mass is 241 g/mol. The number of piperidine rings is 1. The number of ether oxygens (including phenoxy) is 1. The van der Waals surface area contributed by atoms with Crippen LogP contribution in [0.5, 0.6) is 0 Å². The van der Waals surface area contributed by atoms with Crippen molar-refractivity contribution in [3.63, 3.8) is 0 Å². The Hall–Kier alpha value is -0.650. The summed E-state index contributed by atoms with van der Waals surface area (Å²) in [5.41, 5.74) is 5.84. The highest BCUT2D eigenvalue weighted by atomic mass is 32.1. The molecule has 0 saturated carbocycles. The fraction of sp³-hybridized carbons (Fsp3) is 0.727. The van der Waals surface area contributed by atoms with Gasteiger partial charge in [-0.15, -0.1) is 11.3 Å². The molecule has 2 rings (SSSR count). The van der Waals surface area contributed by atoms with Gasteiger partial charge in [-0.05, 0) is 19.8 Å². The zero-order valence-electron chi connectivity index (χ0n) is 9.85. The van der Waals surface area contributed by atoms with Crippen LogP contribution in [0.4, 0.5) is 5.13 Å². The second-order valence-corrected chi connectivity index (χ2v) is 5.32. The van der Waals surface area contributed by atoms with Gasteiger partial charge in [-0.1, -0.05) is 0 Å². The Labute approximate surface area is 100 Å². The quantitative estimate of drug-likeness (QED) is 0.876. The van der Waals surface area contributed by atoms with Crippen molar-refractivity contribution in [3.8, 4) is 0 Å². The molecule has 2 heterocycles. The first-order chi connectivity index (χ1) is 7.70. The van der Waals surface area contributed by atoms with Crippen molar-refractivity contribution in [3.05, 3.63) is 11.1 Å². The van der Waals surface area contributed by atoms with E-state index in [0.717, 1.165) is 29.5 Å². The summed E-state index contributed by atoms with van der Waals surface area (Å²) in [6.07, 6.45) is 4.56. The molecule has 1 aromatic rings. The fourth-order valence-electron chi connectivity index (χ4n) is 1.94. The van der Waals surface area contributed by atoms with E-state index in [1.54, 1.807) is 18.4 Å². The van der Waals surface area contributed by atoms with Crippen molar-refractivity contribution in [2.75, 3.05) is 25.1 Å². The predicted octanol–water partition coefficient (Wildman–Crippen LogP) is 1.78. The van der Waals surface area contributed by atoms with Crippen molar-refractivity contribution in [1.29, 1.82) is 0 Å². The molecular weight excluding hydrogens is 222 g/mol. The minimum Gasteiger partial charge on any atom is -0.380 e. The smallest absolute Gasteiger partial charge is 0.185 e. The van der Waals surface area contributed by atoms with E-state index < -0.39 is 0 Å². The average molecular weight is 241 g/mol. The maximum atomic E-state index is 5.84. The molecule has 4 nitrogen and oxygen atoms in total. The Kier molecular flexibility index (Phi) is 3.78. The minimum atomic E-state index is 0.0780. The van der Waals surface area contributed by atoms with Crippen molar-refractivity contribution in [1.82, 2.24) is 4.98 Å². The molecule has 90 valence electrons. The van der Waals surface area contributed by atoms with Gasteiger partial charge in [-0.25, -0.2) is 4.98 Å². The molecule has 2 unspecified atom stereocenters. The molecular formula is C11H19N3OS. The normalized spacial score (nSPS) is 23.4. The largest absolute Gasteiger partial charge is 0.380 e. The lowest BCUT2D eigenvalue weighted by Gasteiger charge is -2.31. The molecule has 0 aromatic carbocycles. The summed E-state index contributed by atoms with van der Waals surface area (Å²) in [6, 6.07) is 0.0780. The zero-order valence-corrected chi connectivity index (χ0v) is 10.7. The van der Waals surface area contributed by atoms with Crippen molar-refractivity contribution in [2.24, 2.45) is 5.73 Å². The highest BCUT2D eigenvalue weighted by Crippen LogP contribution is 2.28. The number of aromatic nitrogens is 1. The van der Waals surface area contributed by atoms with Gasteiger partial charge in [0.2, 0.25) is 0 Å². The summed E-state index contributed by atoms with van der Waals surface area (Å²) >= 11 is 1.69. The van der Waals surface area contributed by atoms with Gasteiger partial charge < -0.3 is 15.4 Å². The van der Waals surface area contributed by atoms with Gasteiger partial charge in [0.1, 0.15) is 0 Å². The van der Waals surface area contributed by atoms with Crippen molar-refractivity contribution >= 4 is 16.5 Å². The summed E-state index contributed by atoms with van der Waals surface area (Å²) in [7, 11) is 1.78. The van der Waals surface area contributed by atoms with E-state index in [1.165, 1.54) is 6.42 Å². The SMILES string of the molecule is COC1CCCN(c2ncc(C(C)N)s2)C1. The first-order valence-corrected chi connectivity index (χ1v) is 6.51. The van der Waals surface area contributed by atoms with Gasteiger partial charge in [0.05, 0.1) is 6.10 Å². The molecule has 1 aromatic heterocycles. The van der Waals surface area contributed by atoms with E-state index in [9.17, 15) is 0 Å². The number of thiazole rings is 1. The van der Waals surface area contributed by atoms with Crippen molar-refractivity contribution in [2.45, 2.75) is 31.9 Å². The molecule has 0 amide bonds. The lowest BCUT2D eigenvalue weighted by Crippen LogP contribution is -2.39. The van der Waals surface area contributed by atoms with Gasteiger partial charge >= 0.3 is 0 Å². The number of hydrogen-bond donors (Lipinski definition) is 1. The third-order valence-electron chi connectivity index (χ3n) is 2.94. The third kappa shape index (κ3) is 2.53. The Morgan fingerprint density at radius 3 is 3.12 bits per heavy atom. The standard InChI is InChI=1S/C11H19N3OS/c1-8(12)10-6-13-11(16-10)14-5-3-4-9(7-14)15-2/h6,8-9H,3-5,7,12H2,1-2H3. The molecule has 1 aliphatic heterocycles.